The lowest BCUT2D eigenvalue weighted by molar-refractivity contribution is -0.139. The number of urea groups is 1. The van der Waals surface area contributed by atoms with E-state index in [9.17, 15) is 22.8 Å². The molecule has 1 aromatic rings. The van der Waals surface area contributed by atoms with Crippen LogP contribution < -0.4 is 15.4 Å². The van der Waals surface area contributed by atoms with Crippen LogP contribution >= 0.6 is 0 Å². The molecule has 1 aliphatic heterocycles. The molecule has 2 N–H and O–H groups in total. The fourth-order valence-electron chi connectivity index (χ4n) is 2.11. The molecule has 2 heterocycles. The molecule has 7 nitrogen and oxygen atoms in total. The highest BCUT2D eigenvalue weighted by Crippen LogP contribution is 2.34. The first-order valence-electron chi connectivity index (χ1n) is 7.32. The van der Waals surface area contributed by atoms with E-state index in [1.165, 1.54) is 17.2 Å². The summed E-state index contributed by atoms with van der Waals surface area (Å²) in [6.45, 7) is 0.890. The molecule has 0 saturated carbocycles. The summed E-state index contributed by atoms with van der Waals surface area (Å²) in [5, 5.41) is 5.18. The Morgan fingerprint density at radius 3 is 2.96 bits per heavy atom. The van der Waals surface area contributed by atoms with Gasteiger partial charge < -0.3 is 20.3 Å². The van der Waals surface area contributed by atoms with Gasteiger partial charge in [-0.3, -0.25) is 4.79 Å². The molecule has 0 spiro atoms. The van der Waals surface area contributed by atoms with Crippen molar-refractivity contribution in [3.05, 3.63) is 23.9 Å². The van der Waals surface area contributed by atoms with Crippen molar-refractivity contribution in [1.29, 1.82) is 0 Å². The summed E-state index contributed by atoms with van der Waals surface area (Å²) in [5.74, 6) is -0.646. The maximum Gasteiger partial charge on any atom is 0.421 e. The minimum absolute atomic E-state index is 0.0184. The van der Waals surface area contributed by atoms with E-state index in [-0.39, 0.29) is 32.0 Å². The van der Waals surface area contributed by atoms with Crippen molar-refractivity contribution in [2.75, 3.05) is 32.8 Å². The molecule has 1 fully saturated rings. The number of carbonyl (C=O) groups is 2. The monoisotopic (exact) mass is 346 g/mol. The smallest absolute Gasteiger partial charge is 0.421 e. The van der Waals surface area contributed by atoms with Gasteiger partial charge in [-0.2, -0.15) is 13.2 Å². The molecular weight excluding hydrogens is 329 g/mol. The Bertz CT molecular complexity index is 595. The zero-order valence-corrected chi connectivity index (χ0v) is 12.7. The molecule has 0 aromatic carbocycles. The van der Waals surface area contributed by atoms with E-state index >= 15 is 0 Å². The molecule has 1 aromatic heterocycles. The van der Waals surface area contributed by atoms with Crippen LogP contribution in [0.2, 0.25) is 0 Å². The first-order valence-corrected chi connectivity index (χ1v) is 7.32. The highest BCUT2D eigenvalue weighted by molar-refractivity contribution is 5.79. The lowest BCUT2D eigenvalue weighted by Gasteiger charge is -2.20. The highest BCUT2D eigenvalue weighted by Gasteiger charge is 2.35. The first-order chi connectivity index (χ1) is 11.4. The molecule has 10 heteroatoms. The van der Waals surface area contributed by atoms with Gasteiger partial charge in [-0.05, 0) is 12.1 Å². The van der Waals surface area contributed by atoms with E-state index in [2.05, 4.69) is 15.6 Å². The lowest BCUT2D eigenvalue weighted by Crippen LogP contribution is -2.43. The summed E-state index contributed by atoms with van der Waals surface area (Å²) in [7, 11) is 0. The van der Waals surface area contributed by atoms with Crippen molar-refractivity contribution in [3.8, 4) is 5.88 Å². The van der Waals surface area contributed by atoms with Gasteiger partial charge in [-0.15, -0.1) is 0 Å². The van der Waals surface area contributed by atoms with Crippen molar-refractivity contribution < 1.29 is 27.5 Å². The fraction of sp³-hybridized carbons (Fsp3) is 0.500. The van der Waals surface area contributed by atoms with Crippen LogP contribution in [0.25, 0.3) is 0 Å². The van der Waals surface area contributed by atoms with Crippen LogP contribution in [0.15, 0.2) is 18.3 Å². The van der Waals surface area contributed by atoms with Crippen LogP contribution in [0, 0.1) is 0 Å². The van der Waals surface area contributed by atoms with Gasteiger partial charge in [0.25, 0.3) is 0 Å². The zero-order valence-electron chi connectivity index (χ0n) is 12.7. The highest BCUT2D eigenvalue weighted by atomic mass is 19.4. The second-order valence-corrected chi connectivity index (χ2v) is 5.02. The fourth-order valence-corrected chi connectivity index (χ4v) is 2.11. The number of hydrogen-bond donors (Lipinski definition) is 2. The Labute approximate surface area is 136 Å². The van der Waals surface area contributed by atoms with Gasteiger partial charge >= 0.3 is 12.2 Å². The summed E-state index contributed by atoms with van der Waals surface area (Å²) in [4.78, 5) is 28.1. The van der Waals surface area contributed by atoms with Crippen LogP contribution in [-0.2, 0) is 11.0 Å². The average molecular weight is 346 g/mol. The Balaban J connectivity index is 1.79. The van der Waals surface area contributed by atoms with Crippen LogP contribution in [0.1, 0.15) is 12.0 Å². The van der Waals surface area contributed by atoms with Gasteiger partial charge in [0.05, 0.1) is 6.54 Å². The third-order valence-electron chi connectivity index (χ3n) is 3.29. The van der Waals surface area contributed by atoms with Crippen molar-refractivity contribution in [2.24, 2.45) is 0 Å². The minimum atomic E-state index is -4.56. The van der Waals surface area contributed by atoms with E-state index in [0.717, 1.165) is 6.07 Å². The third kappa shape index (κ3) is 5.00. The summed E-state index contributed by atoms with van der Waals surface area (Å²) < 4.78 is 43.3. The number of nitrogens with zero attached hydrogens (tertiary/aromatic N) is 2. The van der Waals surface area contributed by atoms with Gasteiger partial charge in [0.15, 0.2) is 0 Å². The number of amides is 3. The number of hydrogen-bond acceptors (Lipinski definition) is 4. The SMILES string of the molecule is O=C1CCN(C(=O)NCCOc2ncccc2C(F)(F)F)CCN1. The van der Waals surface area contributed by atoms with Crippen LogP contribution in [0.3, 0.4) is 0 Å². The zero-order chi connectivity index (χ0) is 17.6. The molecular formula is C14H17F3N4O3. The lowest BCUT2D eigenvalue weighted by atomic mass is 10.2. The first kappa shape index (κ1) is 17.8. The largest absolute Gasteiger partial charge is 0.475 e. The number of carbonyl (C=O) groups excluding carboxylic acids is 2. The molecule has 3 amide bonds. The average Bonchev–Trinajstić information content (AvgIpc) is 2.75. The second kappa shape index (κ2) is 7.84. The van der Waals surface area contributed by atoms with Crippen LogP contribution in [0.4, 0.5) is 18.0 Å². The Kier molecular flexibility index (Phi) is 5.83. The van der Waals surface area contributed by atoms with E-state index in [1.807, 2.05) is 0 Å². The molecule has 0 unspecified atom stereocenters. The number of alkyl halides is 3. The van der Waals surface area contributed by atoms with E-state index < -0.39 is 23.7 Å². The van der Waals surface area contributed by atoms with Crippen molar-refractivity contribution in [2.45, 2.75) is 12.6 Å². The van der Waals surface area contributed by atoms with E-state index in [4.69, 9.17) is 4.74 Å². The van der Waals surface area contributed by atoms with Gasteiger partial charge in [0, 0.05) is 32.3 Å². The maximum absolute atomic E-state index is 12.8. The predicted octanol–water partition coefficient (Wildman–Crippen LogP) is 1.01. The van der Waals surface area contributed by atoms with E-state index in [1.54, 1.807) is 0 Å². The van der Waals surface area contributed by atoms with Crippen molar-refractivity contribution >= 4 is 11.9 Å². The van der Waals surface area contributed by atoms with Crippen LogP contribution in [0.5, 0.6) is 5.88 Å². The molecule has 1 saturated heterocycles. The number of pyridine rings is 1. The molecule has 2 rings (SSSR count). The predicted molar refractivity (Wildman–Crippen MR) is 77.3 cm³/mol. The minimum Gasteiger partial charge on any atom is -0.475 e. The van der Waals surface area contributed by atoms with Gasteiger partial charge in [0.2, 0.25) is 11.8 Å². The van der Waals surface area contributed by atoms with Crippen molar-refractivity contribution in [1.82, 2.24) is 20.5 Å². The molecule has 0 aliphatic carbocycles. The summed E-state index contributed by atoms with van der Waals surface area (Å²) in [5.41, 5.74) is -0.964. The molecule has 0 radical (unpaired) electrons. The third-order valence-corrected chi connectivity index (χ3v) is 3.29. The number of aromatic nitrogens is 1. The number of ether oxygens (including phenoxy) is 1. The molecule has 24 heavy (non-hydrogen) atoms. The quantitative estimate of drug-likeness (QED) is 0.797. The van der Waals surface area contributed by atoms with Gasteiger partial charge in [0.1, 0.15) is 12.2 Å². The molecule has 1 aliphatic rings. The summed E-state index contributed by atoms with van der Waals surface area (Å²) in [6.07, 6.45) is -3.14. The Hall–Kier alpha value is -2.52. The van der Waals surface area contributed by atoms with Crippen molar-refractivity contribution in [3.63, 3.8) is 0 Å². The summed E-state index contributed by atoms with van der Waals surface area (Å²) in [6, 6.07) is 1.65. The Morgan fingerprint density at radius 2 is 2.21 bits per heavy atom. The number of halogens is 3. The standard InChI is InChI=1S/C14H17F3N4O3/c15-14(16,17)10-2-1-4-19-12(10)24-9-6-20-13(23)21-7-3-11(22)18-5-8-21/h1-2,4H,3,5-9H2,(H,18,22)(H,20,23). The summed E-state index contributed by atoms with van der Waals surface area (Å²) >= 11 is 0. The Morgan fingerprint density at radius 1 is 1.42 bits per heavy atom. The molecule has 0 atom stereocenters. The van der Waals surface area contributed by atoms with E-state index in [0.29, 0.717) is 13.1 Å². The second-order valence-electron chi connectivity index (χ2n) is 5.02. The molecule has 132 valence electrons. The number of nitrogens with one attached hydrogen (secondary N) is 2. The number of rotatable bonds is 4. The van der Waals surface area contributed by atoms with Gasteiger partial charge in [-0.25, -0.2) is 9.78 Å². The maximum atomic E-state index is 12.8. The van der Waals surface area contributed by atoms with Crippen LogP contribution in [-0.4, -0.2) is 54.6 Å². The topological polar surface area (TPSA) is 83.6 Å². The van der Waals surface area contributed by atoms with Gasteiger partial charge in [-0.1, -0.05) is 0 Å². The normalized spacial score (nSPS) is 15.5. The molecule has 0 bridgehead atoms.